The van der Waals surface area contributed by atoms with Gasteiger partial charge in [0, 0.05) is 5.41 Å². The normalized spacial score (nSPS) is 20.9. The molecule has 0 heterocycles. The molecule has 0 N–H and O–H groups in total. The molecule has 0 amide bonds. The number of benzene rings is 2. The van der Waals surface area contributed by atoms with E-state index < -0.39 is 0 Å². The van der Waals surface area contributed by atoms with Crippen molar-refractivity contribution < 1.29 is 4.43 Å². The Morgan fingerprint density at radius 1 is 0.679 bits per heavy atom. The highest BCUT2D eigenvalue weighted by Gasteiger charge is 2.50. The van der Waals surface area contributed by atoms with Gasteiger partial charge in [-0.3, -0.25) is 0 Å². The van der Waals surface area contributed by atoms with E-state index in [9.17, 15) is 0 Å². The molecule has 0 radical (unpaired) electrons. The van der Waals surface area contributed by atoms with E-state index in [1.54, 1.807) is 0 Å². The maximum atomic E-state index is 6.66. The molecule has 1 nitrogen and oxygen atoms in total. The first-order valence-electron chi connectivity index (χ1n) is 11.5. The summed E-state index contributed by atoms with van der Waals surface area (Å²) in [4.78, 5) is 0. The molecule has 2 fully saturated rings. The average molecular weight is 393 g/mol. The molecule has 28 heavy (non-hydrogen) atoms. The third kappa shape index (κ3) is 3.74. The van der Waals surface area contributed by atoms with Crippen LogP contribution in [-0.2, 0) is 9.84 Å². The quantitative estimate of drug-likeness (QED) is 0.565. The van der Waals surface area contributed by atoms with Crippen LogP contribution in [0.25, 0.3) is 0 Å². The van der Waals surface area contributed by atoms with Crippen molar-refractivity contribution >= 4 is 10.5 Å². The second kappa shape index (κ2) is 9.41. The lowest BCUT2D eigenvalue weighted by atomic mass is 9.55. The van der Waals surface area contributed by atoms with Crippen LogP contribution in [0.4, 0.5) is 0 Å². The van der Waals surface area contributed by atoms with E-state index in [1.807, 2.05) is 0 Å². The minimum atomic E-state index is -0.00725. The van der Waals surface area contributed by atoms with Gasteiger partial charge in [0.15, 0.2) is 0 Å². The van der Waals surface area contributed by atoms with Crippen LogP contribution in [-0.4, -0.2) is 16.6 Å². The Bertz CT molecular complexity index is 662. The Morgan fingerprint density at radius 3 is 1.61 bits per heavy atom. The van der Waals surface area contributed by atoms with E-state index in [-0.39, 0.29) is 5.41 Å². The zero-order valence-corrected chi connectivity index (χ0v) is 19.5. The maximum absolute atomic E-state index is 6.66. The first-order valence-corrected chi connectivity index (χ1v) is 12.3. The van der Waals surface area contributed by atoms with Crippen LogP contribution in [0.2, 0.25) is 0 Å². The van der Waals surface area contributed by atoms with Crippen molar-refractivity contribution in [3.05, 3.63) is 71.8 Å². The summed E-state index contributed by atoms with van der Waals surface area (Å²) in [7, 11) is 0.809. The molecule has 2 aliphatic carbocycles. The molecule has 0 aliphatic heterocycles. The minimum absolute atomic E-state index is 0.00725. The highest BCUT2D eigenvalue weighted by molar-refractivity contribution is 5.98. The fourth-order valence-electron chi connectivity index (χ4n) is 6.37. The van der Waals surface area contributed by atoms with Gasteiger partial charge in [0.2, 0.25) is 0 Å². The Morgan fingerprint density at radius 2 is 1.14 bits per heavy atom. The van der Waals surface area contributed by atoms with E-state index in [0.29, 0.717) is 17.9 Å². The van der Waals surface area contributed by atoms with Gasteiger partial charge in [-0.05, 0) is 48.6 Å². The summed E-state index contributed by atoms with van der Waals surface area (Å²) in [5.74, 6) is 1.36. The first-order chi connectivity index (χ1) is 13.9. The van der Waals surface area contributed by atoms with Crippen LogP contribution in [0.15, 0.2) is 60.7 Å². The van der Waals surface area contributed by atoms with Gasteiger partial charge in [0.1, 0.15) is 10.5 Å². The molecule has 0 bridgehead atoms. The average Bonchev–Trinajstić information content (AvgIpc) is 2.80. The zero-order chi connectivity index (χ0) is 19.2. The molecule has 1 unspecified atom stereocenters. The molecule has 0 saturated heterocycles. The smallest absolute Gasteiger partial charge is 0.146 e. The van der Waals surface area contributed by atoms with E-state index in [4.69, 9.17) is 4.43 Å². The van der Waals surface area contributed by atoms with Crippen LogP contribution in [0.3, 0.4) is 0 Å². The second-order valence-electron chi connectivity index (χ2n) is 8.99. The molecule has 2 heteroatoms. The summed E-state index contributed by atoms with van der Waals surface area (Å²) in [6.45, 7) is 0. The van der Waals surface area contributed by atoms with Crippen molar-refractivity contribution in [2.24, 2.45) is 11.8 Å². The Hall–Kier alpha value is -1.38. The van der Waals surface area contributed by atoms with Gasteiger partial charge in [-0.25, -0.2) is 0 Å². The van der Waals surface area contributed by atoms with Gasteiger partial charge < -0.3 is 4.43 Å². The molecule has 2 aliphatic rings. The van der Waals surface area contributed by atoms with Gasteiger partial charge >= 0.3 is 0 Å². The van der Waals surface area contributed by atoms with E-state index in [2.05, 4.69) is 60.7 Å². The standard InChI is InChI=1S/C26H36OSi/c28-27-25(21-13-5-1-6-14-21)26(22-15-7-2-8-16-22,23-17-9-3-10-18-23)24-19-11-4-12-20-24/h2-3,7-10,15-18,21,24-25H,1,4-6,11-14,19-20H2,28H3. The second-order valence-corrected chi connectivity index (χ2v) is 9.46. The lowest BCUT2D eigenvalue weighted by Crippen LogP contribution is -2.52. The summed E-state index contributed by atoms with van der Waals surface area (Å²) in [5.41, 5.74) is 2.96. The monoisotopic (exact) mass is 392 g/mol. The van der Waals surface area contributed by atoms with Crippen molar-refractivity contribution in [2.75, 3.05) is 0 Å². The molecule has 0 aromatic heterocycles. The third-order valence-corrected chi connectivity index (χ3v) is 8.04. The van der Waals surface area contributed by atoms with Crippen LogP contribution in [0, 0.1) is 11.8 Å². The van der Waals surface area contributed by atoms with Crippen molar-refractivity contribution in [1.29, 1.82) is 0 Å². The molecule has 4 rings (SSSR count). The van der Waals surface area contributed by atoms with Gasteiger partial charge in [-0.2, -0.15) is 0 Å². The predicted molar refractivity (Wildman–Crippen MR) is 122 cm³/mol. The fourth-order valence-corrected chi connectivity index (χ4v) is 7.13. The van der Waals surface area contributed by atoms with Crippen LogP contribution >= 0.6 is 0 Å². The molecule has 1 atom stereocenters. The zero-order valence-electron chi connectivity index (χ0n) is 17.5. The maximum Gasteiger partial charge on any atom is 0.146 e. The Balaban J connectivity index is 1.91. The summed E-state index contributed by atoms with van der Waals surface area (Å²) >= 11 is 0. The van der Waals surface area contributed by atoms with E-state index >= 15 is 0 Å². The van der Waals surface area contributed by atoms with Crippen molar-refractivity contribution in [3.8, 4) is 0 Å². The summed E-state index contributed by atoms with van der Waals surface area (Å²) in [6, 6.07) is 22.8. The molecular formula is C26H36OSi. The van der Waals surface area contributed by atoms with Crippen molar-refractivity contribution in [2.45, 2.75) is 75.7 Å². The number of hydrogen-bond donors (Lipinski definition) is 0. The van der Waals surface area contributed by atoms with Gasteiger partial charge in [-0.15, -0.1) is 0 Å². The van der Waals surface area contributed by atoms with Gasteiger partial charge in [-0.1, -0.05) is 99.2 Å². The minimum Gasteiger partial charge on any atom is -0.424 e. The summed E-state index contributed by atoms with van der Waals surface area (Å²) < 4.78 is 6.66. The lowest BCUT2D eigenvalue weighted by Gasteiger charge is -2.51. The lowest BCUT2D eigenvalue weighted by molar-refractivity contribution is 0.0191. The molecule has 2 aromatic carbocycles. The molecule has 150 valence electrons. The van der Waals surface area contributed by atoms with Crippen molar-refractivity contribution in [3.63, 3.8) is 0 Å². The summed E-state index contributed by atoms with van der Waals surface area (Å²) in [5, 5.41) is 0. The third-order valence-electron chi connectivity index (χ3n) is 7.53. The Kier molecular flexibility index (Phi) is 6.69. The number of hydrogen-bond acceptors (Lipinski definition) is 1. The highest BCUT2D eigenvalue weighted by atomic mass is 28.2. The molecule has 2 saturated carbocycles. The van der Waals surface area contributed by atoms with Gasteiger partial charge in [0.05, 0.1) is 6.10 Å². The SMILES string of the molecule is [SiH3]OC(C1CCCCC1)C(c1ccccc1)(c1ccccc1)C1CCCCC1. The summed E-state index contributed by atoms with van der Waals surface area (Å²) in [6.07, 6.45) is 13.9. The van der Waals surface area contributed by atoms with Crippen LogP contribution in [0.5, 0.6) is 0 Å². The van der Waals surface area contributed by atoms with E-state index in [0.717, 1.165) is 10.5 Å². The largest absolute Gasteiger partial charge is 0.424 e. The molecule has 0 spiro atoms. The fraction of sp³-hybridized carbons (Fsp3) is 0.538. The first kappa shape index (κ1) is 19.9. The molecule has 2 aromatic rings. The topological polar surface area (TPSA) is 9.23 Å². The molecular weight excluding hydrogens is 356 g/mol. The van der Waals surface area contributed by atoms with E-state index in [1.165, 1.54) is 75.3 Å². The predicted octanol–water partition coefficient (Wildman–Crippen LogP) is 5.80. The van der Waals surface area contributed by atoms with Crippen LogP contribution < -0.4 is 0 Å². The van der Waals surface area contributed by atoms with Crippen LogP contribution in [0.1, 0.15) is 75.3 Å². The van der Waals surface area contributed by atoms with Gasteiger partial charge in [0.25, 0.3) is 0 Å². The van der Waals surface area contributed by atoms with Crippen molar-refractivity contribution in [1.82, 2.24) is 0 Å². The number of rotatable bonds is 6. The highest BCUT2D eigenvalue weighted by Crippen LogP contribution is 2.52. The Labute approximate surface area is 174 Å².